The van der Waals surface area contributed by atoms with Crippen molar-refractivity contribution in [3.05, 3.63) is 59.1 Å². The lowest BCUT2D eigenvalue weighted by atomic mass is 9.87. The number of hydrogen-bond donors (Lipinski definition) is 2. The molecule has 1 aliphatic rings. The molecule has 2 aromatic heterocycles. The number of carbonyl (C=O) groups is 1. The molecule has 1 amide bonds. The third-order valence-corrected chi connectivity index (χ3v) is 7.16. The number of benzene rings is 2. The molecule has 0 saturated carbocycles. The molecule has 0 atom stereocenters. The zero-order chi connectivity index (χ0) is 23.0. The first kappa shape index (κ1) is 21.8. The van der Waals surface area contributed by atoms with Gasteiger partial charge in [-0.1, -0.05) is 32.9 Å². The van der Waals surface area contributed by atoms with Gasteiger partial charge in [0, 0.05) is 47.0 Å². The maximum absolute atomic E-state index is 13.1. The zero-order valence-electron chi connectivity index (χ0n) is 19.3. The van der Waals surface area contributed by atoms with Gasteiger partial charge in [0.15, 0.2) is 0 Å². The molecule has 0 radical (unpaired) electrons. The van der Waals surface area contributed by atoms with E-state index >= 15 is 0 Å². The van der Waals surface area contributed by atoms with Crippen LogP contribution in [0.3, 0.4) is 0 Å². The molecule has 6 nitrogen and oxygen atoms in total. The van der Waals surface area contributed by atoms with Crippen molar-refractivity contribution in [2.75, 3.05) is 31.5 Å². The average molecular weight is 460 g/mol. The van der Waals surface area contributed by atoms with E-state index in [1.807, 2.05) is 29.3 Å². The van der Waals surface area contributed by atoms with E-state index in [1.165, 1.54) is 5.56 Å². The molecule has 0 aliphatic carbocycles. The average Bonchev–Trinajstić information content (AvgIpc) is 3.06. The highest BCUT2D eigenvalue weighted by Crippen LogP contribution is 2.33. The summed E-state index contributed by atoms with van der Waals surface area (Å²) in [6.45, 7) is 9.96. The largest absolute Gasteiger partial charge is 0.337 e. The van der Waals surface area contributed by atoms with Gasteiger partial charge in [-0.05, 0) is 54.3 Å². The maximum Gasteiger partial charge on any atom is 0.264 e. The third kappa shape index (κ3) is 4.56. The Bertz CT molecular complexity index is 1320. The monoisotopic (exact) mass is 459 g/mol. The number of fused-ring (bicyclic) bond motifs is 3. The number of carbonyl (C=O) groups excluding carboxylic acids is 1. The van der Waals surface area contributed by atoms with E-state index in [-0.39, 0.29) is 11.3 Å². The van der Waals surface area contributed by atoms with Crippen LogP contribution in [0.4, 0.5) is 11.6 Å². The van der Waals surface area contributed by atoms with Crippen molar-refractivity contribution in [2.45, 2.75) is 32.6 Å². The van der Waals surface area contributed by atoms with Crippen molar-refractivity contribution >= 4 is 49.9 Å². The first-order valence-electron chi connectivity index (χ1n) is 11.5. The van der Waals surface area contributed by atoms with Crippen LogP contribution in [0.5, 0.6) is 0 Å². The molecule has 0 unspecified atom stereocenters. The second-order valence-electron chi connectivity index (χ2n) is 9.57. The predicted octanol–water partition coefficient (Wildman–Crippen LogP) is 5.32. The smallest absolute Gasteiger partial charge is 0.264 e. The Morgan fingerprint density at radius 2 is 2.00 bits per heavy atom. The fourth-order valence-corrected chi connectivity index (χ4v) is 5.20. The SMILES string of the molecule is CC(C)(C)c1cccc(Nc2ncc3ccc4sc(C(=O)N5CCCNCC5)cc4c3n2)c1. The molecule has 5 rings (SSSR count). The van der Waals surface area contributed by atoms with E-state index in [2.05, 4.69) is 60.7 Å². The minimum Gasteiger partial charge on any atom is -0.337 e. The standard InChI is InChI=1S/C26H29N5OS/c1-26(2,3)18-6-4-7-19(14-18)29-25-28-16-17-8-9-21-20(23(17)30-25)15-22(33-21)24(32)31-12-5-10-27-11-13-31/h4,6-9,14-16,27H,5,10-13H2,1-3H3,(H,28,29,30). The van der Waals surface area contributed by atoms with E-state index in [9.17, 15) is 4.79 Å². The molecule has 1 aliphatic heterocycles. The van der Waals surface area contributed by atoms with Crippen LogP contribution in [0.1, 0.15) is 42.4 Å². The van der Waals surface area contributed by atoms with Crippen LogP contribution in [0.15, 0.2) is 48.7 Å². The van der Waals surface area contributed by atoms with Crippen LogP contribution in [0.2, 0.25) is 0 Å². The van der Waals surface area contributed by atoms with Gasteiger partial charge in [-0.2, -0.15) is 0 Å². The van der Waals surface area contributed by atoms with E-state index in [4.69, 9.17) is 4.98 Å². The van der Waals surface area contributed by atoms with Gasteiger partial charge in [-0.3, -0.25) is 4.79 Å². The van der Waals surface area contributed by atoms with E-state index in [0.29, 0.717) is 5.95 Å². The summed E-state index contributed by atoms with van der Waals surface area (Å²) in [5, 5.41) is 8.69. The van der Waals surface area contributed by atoms with Crippen molar-refractivity contribution in [3.63, 3.8) is 0 Å². The molecule has 0 bridgehead atoms. The van der Waals surface area contributed by atoms with Crippen molar-refractivity contribution in [1.82, 2.24) is 20.2 Å². The van der Waals surface area contributed by atoms with Gasteiger partial charge in [0.1, 0.15) is 0 Å². The molecular formula is C26H29N5OS. The Morgan fingerprint density at radius 3 is 2.85 bits per heavy atom. The normalized spacial score (nSPS) is 15.1. The van der Waals surface area contributed by atoms with Crippen molar-refractivity contribution < 1.29 is 4.79 Å². The van der Waals surface area contributed by atoms with E-state index in [1.54, 1.807) is 11.3 Å². The van der Waals surface area contributed by atoms with Gasteiger partial charge in [-0.15, -0.1) is 11.3 Å². The highest BCUT2D eigenvalue weighted by atomic mass is 32.1. The van der Waals surface area contributed by atoms with Crippen LogP contribution < -0.4 is 10.6 Å². The van der Waals surface area contributed by atoms with Crippen molar-refractivity contribution in [1.29, 1.82) is 0 Å². The van der Waals surface area contributed by atoms with Crippen LogP contribution in [-0.4, -0.2) is 47.0 Å². The van der Waals surface area contributed by atoms with Gasteiger partial charge < -0.3 is 15.5 Å². The Balaban J connectivity index is 1.48. The first-order chi connectivity index (χ1) is 15.9. The molecule has 3 heterocycles. The Kier molecular flexibility index (Phi) is 5.76. The fourth-order valence-electron chi connectivity index (χ4n) is 4.17. The predicted molar refractivity (Wildman–Crippen MR) is 137 cm³/mol. The second-order valence-corrected chi connectivity index (χ2v) is 10.7. The molecular weight excluding hydrogens is 430 g/mol. The maximum atomic E-state index is 13.1. The molecule has 4 aromatic rings. The number of anilines is 2. The number of aromatic nitrogens is 2. The summed E-state index contributed by atoms with van der Waals surface area (Å²) in [6, 6.07) is 14.5. The van der Waals surface area contributed by atoms with Gasteiger partial charge >= 0.3 is 0 Å². The minimum atomic E-state index is 0.0666. The van der Waals surface area contributed by atoms with Crippen LogP contribution >= 0.6 is 11.3 Å². The summed E-state index contributed by atoms with van der Waals surface area (Å²) < 4.78 is 1.07. The van der Waals surface area contributed by atoms with Gasteiger partial charge in [-0.25, -0.2) is 9.97 Å². The topological polar surface area (TPSA) is 70.2 Å². The lowest BCUT2D eigenvalue weighted by molar-refractivity contribution is 0.0771. The second kappa shape index (κ2) is 8.72. The Labute approximate surface area is 198 Å². The molecule has 1 saturated heterocycles. The molecule has 2 aromatic carbocycles. The number of amides is 1. The van der Waals surface area contributed by atoms with Crippen LogP contribution in [-0.2, 0) is 5.41 Å². The number of nitrogens with zero attached hydrogens (tertiary/aromatic N) is 3. The summed E-state index contributed by atoms with van der Waals surface area (Å²) >= 11 is 1.54. The van der Waals surface area contributed by atoms with Gasteiger partial charge in [0.05, 0.1) is 10.4 Å². The lowest BCUT2D eigenvalue weighted by Gasteiger charge is -2.19. The van der Waals surface area contributed by atoms with E-state index < -0.39 is 0 Å². The summed E-state index contributed by atoms with van der Waals surface area (Å²) in [5.74, 6) is 0.665. The molecule has 0 spiro atoms. The molecule has 33 heavy (non-hydrogen) atoms. The quantitative estimate of drug-likeness (QED) is 0.434. The number of thiophene rings is 1. The Hall–Kier alpha value is -3.03. The van der Waals surface area contributed by atoms with Gasteiger partial charge in [0.25, 0.3) is 5.91 Å². The molecule has 170 valence electrons. The summed E-state index contributed by atoms with van der Waals surface area (Å²) in [6.07, 6.45) is 2.83. The summed E-state index contributed by atoms with van der Waals surface area (Å²) in [5.41, 5.74) is 3.15. The summed E-state index contributed by atoms with van der Waals surface area (Å²) in [7, 11) is 0. The molecule has 1 fully saturated rings. The minimum absolute atomic E-state index is 0.0666. The van der Waals surface area contributed by atoms with Crippen molar-refractivity contribution in [2.24, 2.45) is 0 Å². The third-order valence-electron chi connectivity index (χ3n) is 6.07. The molecule has 7 heteroatoms. The van der Waals surface area contributed by atoms with E-state index in [0.717, 1.165) is 64.2 Å². The number of nitrogens with one attached hydrogen (secondary N) is 2. The lowest BCUT2D eigenvalue weighted by Crippen LogP contribution is -2.33. The van der Waals surface area contributed by atoms with Crippen LogP contribution in [0.25, 0.3) is 21.0 Å². The van der Waals surface area contributed by atoms with Crippen molar-refractivity contribution in [3.8, 4) is 0 Å². The zero-order valence-corrected chi connectivity index (χ0v) is 20.1. The fraction of sp³-hybridized carbons (Fsp3) is 0.346. The highest BCUT2D eigenvalue weighted by molar-refractivity contribution is 7.21. The Morgan fingerprint density at radius 1 is 1.12 bits per heavy atom. The van der Waals surface area contributed by atoms with Gasteiger partial charge in [0.2, 0.25) is 5.95 Å². The highest BCUT2D eigenvalue weighted by Gasteiger charge is 2.20. The number of hydrogen-bond acceptors (Lipinski definition) is 6. The summed E-state index contributed by atoms with van der Waals surface area (Å²) in [4.78, 5) is 25.2. The van der Waals surface area contributed by atoms with Crippen LogP contribution in [0, 0.1) is 0 Å². The first-order valence-corrected chi connectivity index (χ1v) is 12.3. The molecule has 2 N–H and O–H groups in total. The number of rotatable bonds is 3.